The van der Waals surface area contributed by atoms with Gasteiger partial charge in [-0.3, -0.25) is 9.36 Å². The largest absolute Gasteiger partial charge is 0.419 e. The summed E-state index contributed by atoms with van der Waals surface area (Å²) in [5.41, 5.74) is -2.19. The van der Waals surface area contributed by atoms with Crippen molar-refractivity contribution in [2.45, 2.75) is 17.6 Å². The third kappa shape index (κ3) is 4.68. The minimum Gasteiger partial charge on any atom is -0.289 e. The summed E-state index contributed by atoms with van der Waals surface area (Å²) in [6.07, 6.45) is -0.497. The van der Waals surface area contributed by atoms with Crippen LogP contribution in [0.5, 0.6) is 0 Å². The Morgan fingerprint density at radius 1 is 1.14 bits per heavy atom. The molecule has 0 atom stereocenters. The Kier molecular flexibility index (Phi) is 5.53. The summed E-state index contributed by atoms with van der Waals surface area (Å²) in [5, 5.41) is 4.06. The van der Waals surface area contributed by atoms with E-state index in [0.717, 1.165) is 10.7 Å². The number of benzene rings is 1. The fraction of sp³-hybridized carbons (Fsp3) is 0.188. The number of aromatic nitrogens is 4. The van der Waals surface area contributed by atoms with Gasteiger partial charge in [0.1, 0.15) is 12.1 Å². The second-order valence-corrected chi connectivity index (χ2v) is 7.53. The first-order valence-electron chi connectivity index (χ1n) is 8.01. The van der Waals surface area contributed by atoms with Crippen LogP contribution in [0.25, 0.3) is 5.82 Å². The highest BCUT2D eigenvalue weighted by atomic mass is 32.2. The smallest absolute Gasteiger partial charge is 0.289 e. The topological polar surface area (TPSA) is 98.9 Å². The molecule has 0 saturated carbocycles. The number of rotatable bonds is 6. The van der Waals surface area contributed by atoms with Crippen molar-refractivity contribution >= 4 is 10.0 Å². The van der Waals surface area contributed by atoms with Gasteiger partial charge in [-0.1, -0.05) is 0 Å². The third-order valence-electron chi connectivity index (χ3n) is 3.79. The van der Waals surface area contributed by atoms with Crippen LogP contribution in [0.15, 0.2) is 58.7 Å². The molecule has 0 aliphatic carbocycles. The number of hydrogen-bond acceptors (Lipinski definition) is 5. The number of alkyl halides is 3. The van der Waals surface area contributed by atoms with Gasteiger partial charge in [0.25, 0.3) is 5.56 Å². The van der Waals surface area contributed by atoms with Crippen molar-refractivity contribution in [2.75, 3.05) is 6.54 Å². The van der Waals surface area contributed by atoms with Gasteiger partial charge in [0.15, 0.2) is 5.82 Å². The molecule has 3 rings (SSSR count). The van der Waals surface area contributed by atoms with Crippen LogP contribution in [-0.4, -0.2) is 34.3 Å². The number of hydrogen-bond donors (Lipinski definition) is 1. The van der Waals surface area contributed by atoms with Gasteiger partial charge in [0.05, 0.1) is 17.0 Å². The summed E-state index contributed by atoms with van der Waals surface area (Å²) >= 11 is 0. The van der Waals surface area contributed by atoms with E-state index in [-0.39, 0.29) is 19.2 Å². The lowest BCUT2D eigenvalue weighted by molar-refractivity contribution is -0.140. The fourth-order valence-electron chi connectivity index (χ4n) is 2.39. The van der Waals surface area contributed by atoms with Crippen molar-refractivity contribution in [1.82, 2.24) is 24.1 Å². The second-order valence-electron chi connectivity index (χ2n) is 5.76. The fourth-order valence-corrected chi connectivity index (χ4v) is 3.44. The van der Waals surface area contributed by atoms with Crippen molar-refractivity contribution in [1.29, 1.82) is 0 Å². The van der Waals surface area contributed by atoms with Crippen molar-refractivity contribution in [3.05, 3.63) is 70.8 Å². The quantitative estimate of drug-likeness (QED) is 0.598. The molecule has 2 aromatic heterocycles. The summed E-state index contributed by atoms with van der Waals surface area (Å²) in [4.78, 5) is 15.0. The zero-order valence-electron chi connectivity index (χ0n) is 14.5. The first kappa shape index (κ1) is 20.7. The molecule has 2 heterocycles. The minimum absolute atomic E-state index is 0.187. The SMILES string of the molecule is O=c1ccc(-n2ccnc2)nn1CCNS(=O)(=O)c1ccc(F)c(C(F)(F)F)c1. The van der Waals surface area contributed by atoms with E-state index in [4.69, 9.17) is 0 Å². The molecule has 0 fully saturated rings. The van der Waals surface area contributed by atoms with Crippen LogP contribution in [0, 0.1) is 5.82 Å². The van der Waals surface area contributed by atoms with Gasteiger partial charge >= 0.3 is 6.18 Å². The molecule has 13 heteroatoms. The van der Waals surface area contributed by atoms with Gasteiger partial charge in [0, 0.05) is 25.0 Å². The summed E-state index contributed by atoms with van der Waals surface area (Å²) in [6, 6.07) is 4.03. The molecule has 0 bridgehead atoms. The van der Waals surface area contributed by atoms with Gasteiger partial charge in [-0.2, -0.15) is 18.3 Å². The van der Waals surface area contributed by atoms with Crippen LogP contribution in [0.4, 0.5) is 17.6 Å². The number of sulfonamides is 1. The third-order valence-corrected chi connectivity index (χ3v) is 5.25. The number of nitrogens with zero attached hydrogens (tertiary/aromatic N) is 4. The lowest BCUT2D eigenvalue weighted by Crippen LogP contribution is -2.32. The average molecular weight is 431 g/mol. The Labute approximate surface area is 161 Å². The Hall–Kier alpha value is -3.06. The van der Waals surface area contributed by atoms with Crippen LogP contribution in [0.3, 0.4) is 0 Å². The maximum Gasteiger partial charge on any atom is 0.419 e. The van der Waals surface area contributed by atoms with E-state index in [9.17, 15) is 30.8 Å². The number of nitrogens with one attached hydrogen (secondary N) is 1. The minimum atomic E-state index is -5.04. The molecule has 3 aromatic rings. The van der Waals surface area contributed by atoms with Gasteiger partial charge in [-0.15, -0.1) is 0 Å². The van der Waals surface area contributed by atoms with E-state index in [1.54, 1.807) is 6.20 Å². The van der Waals surface area contributed by atoms with Crippen molar-refractivity contribution in [2.24, 2.45) is 0 Å². The highest BCUT2D eigenvalue weighted by molar-refractivity contribution is 7.89. The van der Waals surface area contributed by atoms with Crippen LogP contribution in [0.1, 0.15) is 5.56 Å². The first-order chi connectivity index (χ1) is 13.6. The highest BCUT2D eigenvalue weighted by Crippen LogP contribution is 2.32. The molecule has 0 spiro atoms. The second kappa shape index (κ2) is 7.75. The molecule has 0 aliphatic rings. The zero-order valence-corrected chi connectivity index (χ0v) is 15.3. The van der Waals surface area contributed by atoms with Crippen LogP contribution in [0.2, 0.25) is 0 Å². The normalized spacial score (nSPS) is 12.3. The Morgan fingerprint density at radius 2 is 1.90 bits per heavy atom. The monoisotopic (exact) mass is 431 g/mol. The molecular weight excluding hydrogens is 418 g/mol. The maximum atomic E-state index is 13.3. The molecular formula is C16H13F4N5O3S. The standard InChI is InChI=1S/C16H13F4N5O3S/c17-13-2-1-11(9-12(13)16(18,19)20)29(27,28)22-6-8-25-15(26)4-3-14(23-25)24-7-5-21-10-24/h1-5,7,9-10,22H,6,8H2. The van der Waals surface area contributed by atoms with E-state index >= 15 is 0 Å². The van der Waals surface area contributed by atoms with E-state index in [1.165, 1.54) is 29.2 Å². The van der Waals surface area contributed by atoms with Gasteiger partial charge in [0.2, 0.25) is 10.0 Å². The molecule has 0 amide bonds. The summed E-state index contributed by atoms with van der Waals surface area (Å²) in [6.45, 7) is -0.519. The summed E-state index contributed by atoms with van der Waals surface area (Å²) < 4.78 is 80.7. The Morgan fingerprint density at radius 3 is 2.55 bits per heavy atom. The van der Waals surface area contributed by atoms with Gasteiger partial charge < -0.3 is 0 Å². The van der Waals surface area contributed by atoms with E-state index in [1.807, 2.05) is 0 Å². The molecule has 1 N–H and O–H groups in total. The highest BCUT2D eigenvalue weighted by Gasteiger charge is 2.35. The van der Waals surface area contributed by atoms with Crippen molar-refractivity contribution < 1.29 is 26.0 Å². The first-order valence-corrected chi connectivity index (χ1v) is 9.49. The summed E-state index contributed by atoms with van der Waals surface area (Å²) in [7, 11) is -4.37. The molecule has 154 valence electrons. The van der Waals surface area contributed by atoms with E-state index < -0.39 is 38.0 Å². The van der Waals surface area contributed by atoms with Crippen molar-refractivity contribution in [3.63, 3.8) is 0 Å². The van der Waals surface area contributed by atoms with Crippen LogP contribution >= 0.6 is 0 Å². The lowest BCUT2D eigenvalue weighted by Gasteiger charge is -2.12. The van der Waals surface area contributed by atoms with Gasteiger partial charge in [-0.05, 0) is 24.3 Å². The number of imidazole rings is 1. The molecule has 0 saturated heterocycles. The van der Waals surface area contributed by atoms with Crippen LogP contribution < -0.4 is 10.3 Å². The molecule has 8 nitrogen and oxygen atoms in total. The molecule has 0 aliphatic heterocycles. The number of halogens is 4. The Balaban J connectivity index is 1.75. The molecule has 29 heavy (non-hydrogen) atoms. The lowest BCUT2D eigenvalue weighted by atomic mass is 10.2. The van der Waals surface area contributed by atoms with E-state index in [0.29, 0.717) is 11.9 Å². The average Bonchev–Trinajstić information content (AvgIpc) is 3.17. The predicted molar refractivity (Wildman–Crippen MR) is 92.2 cm³/mol. The molecule has 1 aromatic carbocycles. The Bertz CT molecular complexity index is 1170. The van der Waals surface area contributed by atoms with Crippen LogP contribution in [-0.2, 0) is 22.7 Å². The van der Waals surface area contributed by atoms with E-state index in [2.05, 4.69) is 14.8 Å². The van der Waals surface area contributed by atoms with Gasteiger partial charge in [-0.25, -0.2) is 27.2 Å². The molecule has 0 unspecified atom stereocenters. The molecule has 0 radical (unpaired) electrons. The maximum absolute atomic E-state index is 13.3. The predicted octanol–water partition coefficient (Wildman–Crippen LogP) is 1.57. The summed E-state index contributed by atoms with van der Waals surface area (Å²) in [5.74, 6) is -1.22. The van der Waals surface area contributed by atoms with Crippen molar-refractivity contribution in [3.8, 4) is 5.82 Å². The zero-order chi connectivity index (χ0) is 21.2.